The maximum absolute atomic E-state index is 12.3. The molecule has 3 heterocycles. The Balaban J connectivity index is 1.90. The lowest BCUT2D eigenvalue weighted by Crippen LogP contribution is -2.28. The molecule has 0 N–H and O–H groups in total. The molecule has 1 aliphatic rings. The first kappa shape index (κ1) is 13.8. The zero-order chi connectivity index (χ0) is 15.6. The first-order valence-corrected chi connectivity index (χ1v) is 7.63. The molecule has 0 bridgehead atoms. The van der Waals surface area contributed by atoms with Crippen molar-refractivity contribution in [1.29, 1.82) is 0 Å². The molecule has 0 spiro atoms. The Morgan fingerprint density at radius 2 is 1.61 bits per heavy atom. The lowest BCUT2D eigenvalue weighted by molar-refractivity contribution is 0.522. The summed E-state index contributed by atoms with van der Waals surface area (Å²) in [6.07, 6.45) is 5.68. The van der Waals surface area contributed by atoms with E-state index in [1.165, 1.54) is 4.68 Å². The predicted molar refractivity (Wildman–Crippen MR) is 85.5 cm³/mol. The molecule has 0 radical (unpaired) electrons. The van der Waals surface area contributed by atoms with Crippen LogP contribution in [0.2, 0.25) is 0 Å². The standard InChI is InChI=1S/C17H15N5O/c23-17-20-15(13-5-1-3-9-18-13)16(14-6-2-4-10-19-14)21-22(17)11-12-7-8-12/h1-6,9-10,12H,7-8,11H2. The van der Waals surface area contributed by atoms with E-state index in [9.17, 15) is 4.79 Å². The molecule has 0 saturated heterocycles. The van der Waals surface area contributed by atoms with Crippen LogP contribution in [0.15, 0.2) is 53.6 Å². The third-order valence-electron chi connectivity index (χ3n) is 3.82. The molecule has 3 aromatic rings. The number of nitrogens with zero attached hydrogens (tertiary/aromatic N) is 5. The maximum Gasteiger partial charge on any atom is 0.364 e. The monoisotopic (exact) mass is 305 g/mol. The fraction of sp³-hybridized carbons (Fsp3) is 0.235. The molecule has 6 nitrogen and oxygen atoms in total. The highest BCUT2D eigenvalue weighted by atomic mass is 16.1. The van der Waals surface area contributed by atoms with Crippen molar-refractivity contribution in [1.82, 2.24) is 24.7 Å². The van der Waals surface area contributed by atoms with Crippen LogP contribution in [0.25, 0.3) is 22.8 Å². The molecule has 0 amide bonds. The van der Waals surface area contributed by atoms with Gasteiger partial charge in [-0.1, -0.05) is 12.1 Å². The van der Waals surface area contributed by atoms with Crippen LogP contribution >= 0.6 is 0 Å². The fourth-order valence-corrected chi connectivity index (χ4v) is 2.44. The average Bonchev–Trinajstić information content (AvgIpc) is 3.42. The minimum absolute atomic E-state index is 0.336. The maximum atomic E-state index is 12.3. The molecule has 3 aromatic heterocycles. The second kappa shape index (κ2) is 5.72. The zero-order valence-electron chi connectivity index (χ0n) is 12.5. The number of hydrogen-bond donors (Lipinski definition) is 0. The van der Waals surface area contributed by atoms with Crippen LogP contribution in [-0.4, -0.2) is 24.7 Å². The number of hydrogen-bond acceptors (Lipinski definition) is 5. The quantitative estimate of drug-likeness (QED) is 0.738. The summed E-state index contributed by atoms with van der Waals surface area (Å²) in [4.78, 5) is 25.2. The first-order valence-electron chi connectivity index (χ1n) is 7.63. The van der Waals surface area contributed by atoms with Crippen LogP contribution in [0.4, 0.5) is 0 Å². The smallest absolute Gasteiger partial charge is 0.255 e. The van der Waals surface area contributed by atoms with Crippen LogP contribution in [0, 0.1) is 5.92 Å². The van der Waals surface area contributed by atoms with Crippen LogP contribution in [0.3, 0.4) is 0 Å². The Hall–Kier alpha value is -2.89. The largest absolute Gasteiger partial charge is 0.364 e. The molecule has 0 aliphatic heterocycles. The van der Waals surface area contributed by atoms with Crippen molar-refractivity contribution < 1.29 is 0 Å². The van der Waals surface area contributed by atoms with Crippen LogP contribution in [0.1, 0.15) is 12.8 Å². The Labute approximate surface area is 132 Å². The third kappa shape index (κ3) is 2.88. The topological polar surface area (TPSA) is 73.6 Å². The van der Waals surface area contributed by atoms with Gasteiger partial charge in [-0.05, 0) is 43.0 Å². The Bertz CT molecular complexity index is 872. The van der Waals surface area contributed by atoms with Crippen LogP contribution in [-0.2, 0) is 6.54 Å². The van der Waals surface area contributed by atoms with E-state index in [1.807, 2.05) is 36.4 Å². The Morgan fingerprint density at radius 3 is 2.17 bits per heavy atom. The van der Waals surface area contributed by atoms with Gasteiger partial charge in [0, 0.05) is 18.9 Å². The fourth-order valence-electron chi connectivity index (χ4n) is 2.44. The summed E-state index contributed by atoms with van der Waals surface area (Å²) in [7, 11) is 0. The molecule has 114 valence electrons. The van der Waals surface area contributed by atoms with Gasteiger partial charge in [-0.25, -0.2) is 9.48 Å². The van der Waals surface area contributed by atoms with Gasteiger partial charge in [-0.15, -0.1) is 0 Å². The van der Waals surface area contributed by atoms with Gasteiger partial charge in [0.1, 0.15) is 11.4 Å². The van der Waals surface area contributed by atoms with Gasteiger partial charge in [0.05, 0.1) is 11.4 Å². The van der Waals surface area contributed by atoms with Crippen molar-refractivity contribution in [3.63, 3.8) is 0 Å². The molecule has 6 heteroatoms. The molecule has 0 unspecified atom stereocenters. The zero-order valence-corrected chi connectivity index (χ0v) is 12.5. The lowest BCUT2D eigenvalue weighted by Gasteiger charge is -2.10. The second-order valence-electron chi connectivity index (χ2n) is 5.65. The van der Waals surface area contributed by atoms with Gasteiger partial charge in [0.2, 0.25) is 0 Å². The van der Waals surface area contributed by atoms with Crippen molar-refractivity contribution >= 4 is 0 Å². The highest BCUT2D eigenvalue weighted by Crippen LogP contribution is 2.30. The minimum Gasteiger partial charge on any atom is -0.255 e. The molecule has 0 atom stereocenters. The van der Waals surface area contributed by atoms with Gasteiger partial charge in [-0.3, -0.25) is 9.97 Å². The van der Waals surface area contributed by atoms with Crippen LogP contribution in [0.5, 0.6) is 0 Å². The van der Waals surface area contributed by atoms with Gasteiger partial charge in [-0.2, -0.15) is 10.1 Å². The van der Waals surface area contributed by atoms with E-state index in [-0.39, 0.29) is 5.69 Å². The average molecular weight is 305 g/mol. The number of pyridine rings is 2. The summed E-state index contributed by atoms with van der Waals surface area (Å²) in [6, 6.07) is 11.1. The summed E-state index contributed by atoms with van der Waals surface area (Å²) >= 11 is 0. The van der Waals surface area contributed by atoms with Crippen molar-refractivity contribution in [3.05, 3.63) is 59.3 Å². The molecule has 1 aliphatic carbocycles. The van der Waals surface area contributed by atoms with E-state index in [2.05, 4.69) is 20.1 Å². The molecule has 23 heavy (non-hydrogen) atoms. The Kier molecular flexibility index (Phi) is 3.42. The summed E-state index contributed by atoms with van der Waals surface area (Å²) in [5.41, 5.74) is 2.03. The van der Waals surface area contributed by atoms with Crippen molar-refractivity contribution in [3.8, 4) is 22.8 Å². The first-order chi connectivity index (χ1) is 11.3. The van der Waals surface area contributed by atoms with Crippen molar-refractivity contribution in [2.24, 2.45) is 5.92 Å². The summed E-state index contributed by atoms with van der Waals surface area (Å²) < 4.78 is 1.45. The molecule has 1 fully saturated rings. The van der Waals surface area contributed by atoms with E-state index in [0.717, 1.165) is 12.8 Å². The van der Waals surface area contributed by atoms with E-state index < -0.39 is 0 Å². The summed E-state index contributed by atoms with van der Waals surface area (Å²) in [5.74, 6) is 0.541. The lowest BCUT2D eigenvalue weighted by atomic mass is 10.1. The minimum atomic E-state index is -0.336. The van der Waals surface area contributed by atoms with E-state index in [0.29, 0.717) is 35.2 Å². The van der Waals surface area contributed by atoms with E-state index >= 15 is 0 Å². The van der Waals surface area contributed by atoms with Gasteiger partial charge in [0.15, 0.2) is 0 Å². The Morgan fingerprint density at radius 1 is 0.957 bits per heavy atom. The summed E-state index contributed by atoms with van der Waals surface area (Å²) in [5, 5.41) is 4.54. The van der Waals surface area contributed by atoms with E-state index in [1.54, 1.807) is 12.4 Å². The van der Waals surface area contributed by atoms with Crippen molar-refractivity contribution in [2.45, 2.75) is 19.4 Å². The normalized spacial score (nSPS) is 13.9. The SMILES string of the molecule is O=c1nc(-c2ccccn2)c(-c2ccccn2)nn1CC1CC1. The molecular formula is C17H15N5O. The second-order valence-corrected chi connectivity index (χ2v) is 5.65. The van der Waals surface area contributed by atoms with Gasteiger partial charge < -0.3 is 0 Å². The highest BCUT2D eigenvalue weighted by Gasteiger charge is 2.24. The molecule has 1 saturated carbocycles. The summed E-state index contributed by atoms with van der Waals surface area (Å²) in [6.45, 7) is 0.619. The third-order valence-corrected chi connectivity index (χ3v) is 3.82. The molecule has 4 rings (SSSR count). The van der Waals surface area contributed by atoms with Gasteiger partial charge in [0.25, 0.3) is 0 Å². The number of rotatable bonds is 4. The number of aromatic nitrogens is 5. The highest BCUT2D eigenvalue weighted by molar-refractivity contribution is 5.73. The van der Waals surface area contributed by atoms with Gasteiger partial charge >= 0.3 is 5.69 Å². The van der Waals surface area contributed by atoms with E-state index in [4.69, 9.17) is 0 Å². The molecule has 0 aromatic carbocycles. The molecular weight excluding hydrogens is 290 g/mol. The van der Waals surface area contributed by atoms with Crippen molar-refractivity contribution in [2.75, 3.05) is 0 Å². The predicted octanol–water partition coefficient (Wildman–Crippen LogP) is 2.17. The van der Waals surface area contributed by atoms with Crippen LogP contribution < -0.4 is 5.69 Å².